The third-order valence-corrected chi connectivity index (χ3v) is 6.37. The van der Waals surface area contributed by atoms with Crippen molar-refractivity contribution in [3.05, 3.63) is 6.20 Å². The predicted molar refractivity (Wildman–Crippen MR) is 65.0 cm³/mol. The molecule has 1 atom stereocenters. The number of nitrogens with two attached hydrogens (primary N) is 1. The van der Waals surface area contributed by atoms with Crippen molar-refractivity contribution in [1.29, 1.82) is 0 Å². The molecule has 1 aliphatic rings. The number of sulfonamides is 1. The zero-order valence-electron chi connectivity index (χ0n) is 9.67. The van der Waals surface area contributed by atoms with Gasteiger partial charge in [0.2, 0.25) is 10.0 Å². The van der Waals surface area contributed by atoms with E-state index in [0.717, 1.165) is 6.20 Å². The van der Waals surface area contributed by atoms with Gasteiger partial charge in [-0.3, -0.25) is 5.10 Å². The molecule has 0 aromatic carbocycles. The van der Waals surface area contributed by atoms with Gasteiger partial charge in [-0.1, -0.05) is 0 Å². The lowest BCUT2D eigenvalue weighted by molar-refractivity contribution is 0.462. The number of hydrogen-bond acceptors (Lipinski definition) is 6. The summed E-state index contributed by atoms with van der Waals surface area (Å²) in [5.41, 5.74) is 4.44. The standard InChI is InChI=1S/C8H14N4O4S2/c1-8(2-3-17(13,14)5-8)12-18(15,16)6-4-10-11-7(6)9/h4,12H,2-3,5H2,1H3,(H3,9,10,11). The number of sulfone groups is 1. The lowest BCUT2D eigenvalue weighted by Crippen LogP contribution is -2.46. The Morgan fingerprint density at radius 3 is 2.67 bits per heavy atom. The molecule has 18 heavy (non-hydrogen) atoms. The summed E-state index contributed by atoms with van der Waals surface area (Å²) in [5.74, 6) is -0.309. The molecule has 0 spiro atoms. The maximum atomic E-state index is 12.0. The van der Waals surface area contributed by atoms with Crippen LogP contribution in [-0.4, -0.2) is 44.1 Å². The number of nitrogen functional groups attached to an aromatic ring is 1. The Kier molecular flexibility index (Phi) is 2.91. The third kappa shape index (κ3) is 2.49. The molecule has 2 heterocycles. The molecule has 1 aromatic rings. The molecule has 4 N–H and O–H groups in total. The molecule has 8 nitrogen and oxygen atoms in total. The normalized spacial score (nSPS) is 27.4. The number of nitrogens with zero attached hydrogens (tertiary/aromatic N) is 1. The average molecular weight is 294 g/mol. The van der Waals surface area contributed by atoms with Crippen LogP contribution in [0.4, 0.5) is 5.82 Å². The fourth-order valence-electron chi connectivity index (χ4n) is 1.97. The first-order valence-corrected chi connectivity index (χ1v) is 8.47. The van der Waals surface area contributed by atoms with Gasteiger partial charge < -0.3 is 5.73 Å². The summed E-state index contributed by atoms with van der Waals surface area (Å²) in [7, 11) is -7.06. The second-order valence-corrected chi connectivity index (χ2v) is 8.49. The van der Waals surface area contributed by atoms with Crippen LogP contribution in [0, 0.1) is 0 Å². The van der Waals surface area contributed by atoms with Crippen molar-refractivity contribution in [2.24, 2.45) is 0 Å². The molecule has 1 aromatic heterocycles. The smallest absolute Gasteiger partial charge is 0.246 e. The highest BCUT2D eigenvalue weighted by atomic mass is 32.2. The summed E-state index contributed by atoms with van der Waals surface area (Å²) < 4.78 is 49.3. The fraction of sp³-hybridized carbons (Fsp3) is 0.625. The van der Waals surface area contributed by atoms with E-state index in [1.807, 2.05) is 0 Å². The number of aromatic amines is 1. The van der Waals surface area contributed by atoms with Crippen LogP contribution in [0.3, 0.4) is 0 Å². The van der Waals surface area contributed by atoms with E-state index in [1.54, 1.807) is 6.92 Å². The minimum Gasteiger partial charge on any atom is -0.383 e. The van der Waals surface area contributed by atoms with Gasteiger partial charge in [0.05, 0.1) is 17.7 Å². The van der Waals surface area contributed by atoms with Gasteiger partial charge in [0.1, 0.15) is 10.7 Å². The molecule has 0 saturated carbocycles. The van der Waals surface area contributed by atoms with Crippen molar-refractivity contribution in [2.45, 2.75) is 23.8 Å². The van der Waals surface area contributed by atoms with Crippen LogP contribution in [0.1, 0.15) is 13.3 Å². The number of hydrogen-bond donors (Lipinski definition) is 3. The van der Waals surface area contributed by atoms with E-state index in [2.05, 4.69) is 14.9 Å². The van der Waals surface area contributed by atoms with Crippen molar-refractivity contribution < 1.29 is 16.8 Å². The maximum Gasteiger partial charge on any atom is 0.246 e. The van der Waals surface area contributed by atoms with Crippen LogP contribution in [0.5, 0.6) is 0 Å². The third-order valence-electron chi connectivity index (χ3n) is 2.81. The first-order chi connectivity index (χ1) is 8.14. The average Bonchev–Trinajstić information content (AvgIpc) is 2.70. The van der Waals surface area contributed by atoms with Crippen LogP contribution in [0.2, 0.25) is 0 Å². The summed E-state index contributed by atoms with van der Waals surface area (Å²) >= 11 is 0. The van der Waals surface area contributed by atoms with Gasteiger partial charge in [0.25, 0.3) is 0 Å². The first-order valence-electron chi connectivity index (χ1n) is 5.17. The zero-order chi connectivity index (χ0) is 13.6. The van der Waals surface area contributed by atoms with Crippen LogP contribution in [0.25, 0.3) is 0 Å². The SMILES string of the molecule is CC1(NS(=O)(=O)c2cn[nH]c2N)CCS(=O)(=O)C1. The van der Waals surface area contributed by atoms with E-state index in [-0.39, 0.29) is 28.6 Å². The Labute approximate surface area is 105 Å². The lowest BCUT2D eigenvalue weighted by atomic mass is 10.0. The van der Waals surface area contributed by atoms with E-state index >= 15 is 0 Å². The highest BCUT2D eigenvalue weighted by Gasteiger charge is 2.41. The topological polar surface area (TPSA) is 135 Å². The van der Waals surface area contributed by atoms with E-state index in [1.165, 1.54) is 0 Å². The summed E-state index contributed by atoms with van der Waals surface area (Å²) in [4.78, 5) is -0.173. The number of aromatic nitrogens is 2. The fourth-order valence-corrected chi connectivity index (χ4v) is 5.61. The van der Waals surface area contributed by atoms with E-state index in [0.29, 0.717) is 0 Å². The second kappa shape index (κ2) is 3.93. The molecular formula is C8H14N4O4S2. The van der Waals surface area contributed by atoms with Crippen LogP contribution < -0.4 is 10.5 Å². The van der Waals surface area contributed by atoms with Crippen molar-refractivity contribution in [1.82, 2.24) is 14.9 Å². The minimum atomic E-state index is -3.87. The monoisotopic (exact) mass is 294 g/mol. The molecule has 2 rings (SSSR count). The number of H-pyrrole nitrogens is 1. The van der Waals surface area contributed by atoms with Crippen LogP contribution >= 0.6 is 0 Å². The van der Waals surface area contributed by atoms with Crippen molar-refractivity contribution in [2.75, 3.05) is 17.2 Å². The van der Waals surface area contributed by atoms with E-state index in [4.69, 9.17) is 5.73 Å². The molecule has 1 saturated heterocycles. The number of anilines is 1. The van der Waals surface area contributed by atoms with Crippen molar-refractivity contribution in [3.8, 4) is 0 Å². The molecule has 1 fully saturated rings. The molecule has 10 heteroatoms. The van der Waals surface area contributed by atoms with Gasteiger partial charge in [-0.2, -0.15) is 5.10 Å². The van der Waals surface area contributed by atoms with Gasteiger partial charge >= 0.3 is 0 Å². The van der Waals surface area contributed by atoms with Crippen molar-refractivity contribution in [3.63, 3.8) is 0 Å². The van der Waals surface area contributed by atoms with Crippen molar-refractivity contribution >= 4 is 25.7 Å². The minimum absolute atomic E-state index is 0.0209. The number of rotatable bonds is 3. The van der Waals surface area contributed by atoms with Gasteiger partial charge in [-0.25, -0.2) is 21.6 Å². The second-order valence-electron chi connectivity index (χ2n) is 4.66. The molecule has 1 aliphatic heterocycles. The van der Waals surface area contributed by atoms with E-state index < -0.39 is 25.4 Å². The van der Waals surface area contributed by atoms with E-state index in [9.17, 15) is 16.8 Å². The Morgan fingerprint density at radius 1 is 1.56 bits per heavy atom. The predicted octanol–water partition coefficient (Wildman–Crippen LogP) is -1.15. The maximum absolute atomic E-state index is 12.0. The summed E-state index contributed by atoms with van der Waals surface area (Å²) in [6.45, 7) is 1.56. The molecular weight excluding hydrogens is 280 g/mol. The summed E-state index contributed by atoms with van der Waals surface area (Å²) in [6, 6.07) is 0. The molecule has 0 aliphatic carbocycles. The Morgan fingerprint density at radius 2 is 2.22 bits per heavy atom. The quantitative estimate of drug-likeness (QED) is 0.644. The first kappa shape index (κ1) is 13.3. The van der Waals surface area contributed by atoms with Gasteiger partial charge in [-0.15, -0.1) is 0 Å². The Hall–Kier alpha value is -1.13. The van der Waals surface area contributed by atoms with Crippen LogP contribution in [-0.2, 0) is 19.9 Å². The zero-order valence-corrected chi connectivity index (χ0v) is 11.3. The number of nitrogens with one attached hydrogen (secondary N) is 2. The lowest BCUT2D eigenvalue weighted by Gasteiger charge is -2.23. The Balaban J connectivity index is 2.28. The molecule has 0 bridgehead atoms. The van der Waals surface area contributed by atoms with Gasteiger partial charge in [0.15, 0.2) is 9.84 Å². The van der Waals surface area contributed by atoms with Crippen LogP contribution in [0.15, 0.2) is 11.1 Å². The molecule has 1 unspecified atom stereocenters. The highest BCUT2D eigenvalue weighted by molar-refractivity contribution is 7.92. The molecule has 0 amide bonds. The summed E-state index contributed by atoms with van der Waals surface area (Å²) in [5, 5.41) is 5.85. The van der Waals surface area contributed by atoms with Gasteiger partial charge in [0, 0.05) is 5.54 Å². The highest BCUT2D eigenvalue weighted by Crippen LogP contribution is 2.26. The molecule has 102 valence electrons. The largest absolute Gasteiger partial charge is 0.383 e. The molecule has 0 radical (unpaired) electrons. The summed E-state index contributed by atoms with van der Waals surface area (Å²) in [6.07, 6.45) is 1.33. The Bertz CT molecular complexity index is 663. The van der Waals surface area contributed by atoms with Gasteiger partial charge in [-0.05, 0) is 13.3 Å².